The number of methoxy groups -OCH3 is 1. The molecule has 1 heterocycles. The van der Waals surface area contributed by atoms with Crippen molar-refractivity contribution < 1.29 is 33.4 Å². The maximum atomic E-state index is 13.6. The minimum atomic E-state index is -0.904. The topological polar surface area (TPSA) is 133 Å². The van der Waals surface area contributed by atoms with E-state index in [0.29, 0.717) is 25.8 Å². The Labute approximate surface area is 270 Å². The van der Waals surface area contributed by atoms with Crippen molar-refractivity contribution in [3.63, 3.8) is 0 Å². The number of pyridine rings is 1. The molecule has 1 aromatic heterocycles. The Bertz CT molecular complexity index is 1460. The largest absolute Gasteiger partial charge is 0.469 e. The molecule has 0 radical (unpaired) electrons. The van der Waals surface area contributed by atoms with Gasteiger partial charge < -0.3 is 24.8 Å². The van der Waals surface area contributed by atoms with Crippen LogP contribution in [-0.4, -0.2) is 60.8 Å². The number of carbonyl (C=O) groups excluding carboxylic acids is 4. The number of ketones is 1. The predicted octanol–water partition coefficient (Wildman–Crippen LogP) is 5.97. The number of rotatable bonds is 14. The van der Waals surface area contributed by atoms with E-state index in [1.807, 2.05) is 42.5 Å². The van der Waals surface area contributed by atoms with Gasteiger partial charge in [-0.15, -0.1) is 0 Å². The van der Waals surface area contributed by atoms with Crippen LogP contribution in [0.15, 0.2) is 73.1 Å². The lowest BCUT2D eigenvalue weighted by Gasteiger charge is -2.22. The Balaban J connectivity index is 1.40. The lowest BCUT2D eigenvalue weighted by atomic mass is 9.91. The number of nitrogens with zero attached hydrogens (tertiary/aromatic N) is 1. The number of aromatic nitrogens is 1. The smallest absolute Gasteiger partial charge is 0.407 e. The summed E-state index contributed by atoms with van der Waals surface area (Å²) in [6.07, 6.45) is 3.53. The summed E-state index contributed by atoms with van der Waals surface area (Å²) < 4.78 is 16.0. The first-order valence-electron chi connectivity index (χ1n) is 15.6. The summed E-state index contributed by atoms with van der Waals surface area (Å²) >= 11 is 0. The van der Waals surface area contributed by atoms with Crippen LogP contribution in [0.4, 0.5) is 9.59 Å². The molecule has 0 aliphatic heterocycles. The van der Waals surface area contributed by atoms with Crippen molar-refractivity contribution >= 4 is 23.9 Å². The van der Waals surface area contributed by atoms with Crippen LogP contribution in [0.25, 0.3) is 11.1 Å². The van der Waals surface area contributed by atoms with E-state index in [1.54, 1.807) is 39.2 Å². The van der Waals surface area contributed by atoms with Gasteiger partial charge in [-0.2, -0.15) is 0 Å². The highest BCUT2D eigenvalue weighted by atomic mass is 16.6. The third-order valence-electron chi connectivity index (χ3n) is 7.80. The SMILES string of the molecule is COC(=O)[C@H](CC(=O)[C@H](CCCCNC(=O)OC(C)(C)C)NC(=O)OCC1c2ccccc2-c2ccccc21)Cc1cccnc1. The van der Waals surface area contributed by atoms with Crippen LogP contribution in [0.2, 0.25) is 0 Å². The van der Waals surface area contributed by atoms with Gasteiger partial charge in [0.15, 0.2) is 5.78 Å². The van der Waals surface area contributed by atoms with E-state index in [0.717, 1.165) is 27.8 Å². The lowest BCUT2D eigenvalue weighted by Crippen LogP contribution is -2.43. The molecule has 2 N–H and O–H groups in total. The van der Waals surface area contributed by atoms with Gasteiger partial charge in [0.1, 0.15) is 12.2 Å². The zero-order valence-electron chi connectivity index (χ0n) is 26.9. The van der Waals surface area contributed by atoms with Crippen molar-refractivity contribution in [2.45, 2.75) is 70.4 Å². The summed E-state index contributed by atoms with van der Waals surface area (Å²) in [6, 6.07) is 18.8. The number of hydrogen-bond donors (Lipinski definition) is 2. The van der Waals surface area contributed by atoms with Gasteiger partial charge in [-0.25, -0.2) is 9.59 Å². The van der Waals surface area contributed by atoms with E-state index in [2.05, 4.69) is 27.8 Å². The first-order valence-corrected chi connectivity index (χ1v) is 15.6. The molecule has 1 aliphatic carbocycles. The first-order chi connectivity index (χ1) is 22.1. The molecule has 2 amide bonds. The van der Waals surface area contributed by atoms with Gasteiger partial charge in [-0.05, 0) is 80.3 Å². The van der Waals surface area contributed by atoms with Crippen LogP contribution in [0.3, 0.4) is 0 Å². The quantitative estimate of drug-likeness (QED) is 0.127. The number of fused-ring (bicyclic) bond motifs is 3. The van der Waals surface area contributed by atoms with Crippen molar-refractivity contribution in [2.75, 3.05) is 20.3 Å². The molecular weight excluding hydrogens is 586 g/mol. The first kappa shape index (κ1) is 34.1. The van der Waals surface area contributed by atoms with Gasteiger partial charge in [0.25, 0.3) is 0 Å². The maximum absolute atomic E-state index is 13.6. The van der Waals surface area contributed by atoms with E-state index in [9.17, 15) is 19.2 Å². The number of Topliss-reactive ketones (excluding diaryl/α,β-unsaturated/α-hetero) is 1. The van der Waals surface area contributed by atoms with Crippen LogP contribution in [0.5, 0.6) is 0 Å². The number of ether oxygens (including phenoxy) is 3. The molecule has 1 aliphatic rings. The molecule has 0 spiro atoms. The molecule has 0 saturated heterocycles. The molecule has 10 heteroatoms. The molecule has 0 bridgehead atoms. The summed E-state index contributed by atoms with van der Waals surface area (Å²) in [6.45, 7) is 5.80. The summed E-state index contributed by atoms with van der Waals surface area (Å²) in [5, 5.41) is 5.47. The van der Waals surface area contributed by atoms with E-state index in [1.165, 1.54) is 7.11 Å². The monoisotopic (exact) mass is 629 g/mol. The Hall–Kier alpha value is -4.73. The molecule has 0 fully saturated rings. The van der Waals surface area contributed by atoms with E-state index in [4.69, 9.17) is 14.2 Å². The highest BCUT2D eigenvalue weighted by Crippen LogP contribution is 2.44. The van der Waals surface area contributed by atoms with Crippen molar-refractivity contribution in [3.8, 4) is 11.1 Å². The standard InChI is InChI=1S/C36H43N3O7/c1-36(2,3)46-34(42)38-19-10-9-17-31(32(40)21-25(33(41)44-4)20-24-12-11-18-37-22-24)39-35(43)45-23-30-28-15-7-5-13-26(28)27-14-6-8-16-29(27)30/h5-8,11-16,18,22,25,30-31H,9-10,17,19-21,23H2,1-4H3,(H,38,42)(H,39,43)/t25-,31-/m0/s1. The van der Waals surface area contributed by atoms with Crippen LogP contribution < -0.4 is 10.6 Å². The summed E-state index contributed by atoms with van der Waals surface area (Å²) in [7, 11) is 1.28. The van der Waals surface area contributed by atoms with Gasteiger partial charge in [0.2, 0.25) is 0 Å². The fourth-order valence-electron chi connectivity index (χ4n) is 5.67. The highest BCUT2D eigenvalue weighted by Gasteiger charge is 2.31. The highest BCUT2D eigenvalue weighted by molar-refractivity contribution is 5.90. The third-order valence-corrected chi connectivity index (χ3v) is 7.80. The number of esters is 1. The predicted molar refractivity (Wildman–Crippen MR) is 173 cm³/mol. The average Bonchev–Trinajstić information content (AvgIpc) is 3.35. The van der Waals surface area contributed by atoms with Gasteiger partial charge in [0, 0.05) is 31.3 Å². The molecule has 0 saturated carbocycles. The Morgan fingerprint density at radius 3 is 2.17 bits per heavy atom. The fraction of sp³-hybridized carbons (Fsp3) is 0.417. The number of alkyl carbamates (subject to hydrolysis) is 2. The second-order valence-electron chi connectivity index (χ2n) is 12.4. The van der Waals surface area contributed by atoms with Crippen LogP contribution >= 0.6 is 0 Å². The van der Waals surface area contributed by atoms with E-state index < -0.39 is 35.7 Å². The summed E-state index contributed by atoms with van der Waals surface area (Å²) in [4.78, 5) is 55.5. The molecule has 244 valence electrons. The lowest BCUT2D eigenvalue weighted by molar-refractivity contribution is -0.147. The second-order valence-corrected chi connectivity index (χ2v) is 12.4. The van der Waals surface area contributed by atoms with Gasteiger partial charge >= 0.3 is 18.2 Å². The molecule has 2 atom stereocenters. The van der Waals surface area contributed by atoms with Gasteiger partial charge in [-0.1, -0.05) is 54.6 Å². The van der Waals surface area contributed by atoms with Gasteiger partial charge in [0.05, 0.1) is 19.1 Å². The molecule has 2 aromatic carbocycles. The second kappa shape index (κ2) is 16.0. The van der Waals surface area contributed by atoms with Gasteiger partial charge in [-0.3, -0.25) is 14.6 Å². The van der Waals surface area contributed by atoms with Crippen LogP contribution in [-0.2, 0) is 30.2 Å². The number of amides is 2. The zero-order chi connectivity index (χ0) is 33.1. The van der Waals surface area contributed by atoms with E-state index in [-0.39, 0.29) is 31.1 Å². The van der Waals surface area contributed by atoms with E-state index >= 15 is 0 Å². The number of hydrogen-bond acceptors (Lipinski definition) is 8. The number of nitrogens with one attached hydrogen (secondary N) is 2. The number of unbranched alkanes of at least 4 members (excludes halogenated alkanes) is 1. The zero-order valence-corrected chi connectivity index (χ0v) is 26.9. The minimum absolute atomic E-state index is 0.104. The normalized spacial score (nSPS) is 13.5. The molecule has 10 nitrogen and oxygen atoms in total. The third kappa shape index (κ3) is 9.63. The fourth-order valence-corrected chi connectivity index (χ4v) is 5.67. The van der Waals surface area contributed by atoms with Crippen molar-refractivity contribution in [1.82, 2.24) is 15.6 Å². The Morgan fingerprint density at radius 2 is 1.57 bits per heavy atom. The summed E-state index contributed by atoms with van der Waals surface area (Å²) in [5.41, 5.74) is 4.57. The maximum Gasteiger partial charge on any atom is 0.407 e. The Kier molecular flexibility index (Phi) is 11.9. The molecule has 4 rings (SSSR count). The number of carbonyl (C=O) groups is 4. The number of benzene rings is 2. The van der Waals surface area contributed by atoms with Crippen molar-refractivity contribution in [3.05, 3.63) is 89.7 Å². The van der Waals surface area contributed by atoms with Crippen LogP contribution in [0, 0.1) is 5.92 Å². The molecular formula is C36H43N3O7. The summed E-state index contributed by atoms with van der Waals surface area (Å²) in [5.74, 6) is -1.71. The average molecular weight is 630 g/mol. The minimum Gasteiger partial charge on any atom is -0.469 e. The molecule has 0 unspecified atom stereocenters. The van der Waals surface area contributed by atoms with Crippen molar-refractivity contribution in [1.29, 1.82) is 0 Å². The Morgan fingerprint density at radius 1 is 0.891 bits per heavy atom. The van der Waals surface area contributed by atoms with Crippen LogP contribution in [0.1, 0.15) is 69.1 Å². The molecule has 46 heavy (non-hydrogen) atoms. The molecule has 3 aromatic rings. The van der Waals surface area contributed by atoms with Crippen molar-refractivity contribution in [2.24, 2.45) is 5.92 Å².